The molecule has 0 heterocycles. The van der Waals surface area contributed by atoms with Gasteiger partial charge in [-0.3, -0.25) is 9.59 Å². The lowest BCUT2D eigenvalue weighted by molar-refractivity contribution is -0.137. The SMILES string of the molecule is CC(C)C[C@H](N)C(=O)N(CC(N)=O)Cc1ccc(Br)cc1. The Bertz CT molecular complexity index is 488. The fourth-order valence-corrected chi connectivity index (χ4v) is 2.32. The Morgan fingerprint density at radius 2 is 1.81 bits per heavy atom. The van der Waals surface area contributed by atoms with Gasteiger partial charge in [0.05, 0.1) is 12.6 Å². The van der Waals surface area contributed by atoms with E-state index in [1.807, 2.05) is 38.1 Å². The van der Waals surface area contributed by atoms with Crippen molar-refractivity contribution in [3.05, 3.63) is 34.3 Å². The number of benzene rings is 1. The van der Waals surface area contributed by atoms with Crippen molar-refractivity contribution in [2.24, 2.45) is 17.4 Å². The predicted octanol–water partition coefficient (Wildman–Crippen LogP) is 1.64. The maximum absolute atomic E-state index is 12.4. The number of nitrogens with zero attached hydrogens (tertiary/aromatic N) is 1. The van der Waals surface area contributed by atoms with E-state index in [9.17, 15) is 9.59 Å². The number of amides is 2. The second-order valence-electron chi connectivity index (χ2n) is 5.52. The van der Waals surface area contributed by atoms with E-state index in [1.165, 1.54) is 4.90 Å². The molecule has 1 atom stereocenters. The molecule has 2 amide bonds. The van der Waals surface area contributed by atoms with E-state index in [4.69, 9.17) is 11.5 Å². The molecule has 0 unspecified atom stereocenters. The topological polar surface area (TPSA) is 89.4 Å². The summed E-state index contributed by atoms with van der Waals surface area (Å²) in [5.41, 5.74) is 12.1. The number of hydrogen-bond acceptors (Lipinski definition) is 3. The third kappa shape index (κ3) is 6.27. The van der Waals surface area contributed by atoms with E-state index in [2.05, 4.69) is 15.9 Å². The summed E-state index contributed by atoms with van der Waals surface area (Å²) in [4.78, 5) is 25.0. The Morgan fingerprint density at radius 3 is 2.29 bits per heavy atom. The minimum atomic E-state index is -0.611. The van der Waals surface area contributed by atoms with Gasteiger partial charge >= 0.3 is 0 Å². The molecular formula is C15H22BrN3O2. The third-order valence-corrected chi connectivity index (χ3v) is 3.52. The first-order valence-corrected chi connectivity index (χ1v) is 7.66. The molecule has 5 nitrogen and oxygen atoms in total. The molecule has 0 fully saturated rings. The summed E-state index contributed by atoms with van der Waals surface area (Å²) in [5.74, 6) is -0.477. The zero-order valence-corrected chi connectivity index (χ0v) is 14.0. The molecule has 1 aromatic carbocycles. The Kier molecular flexibility index (Phi) is 6.84. The van der Waals surface area contributed by atoms with Gasteiger partial charge in [-0.05, 0) is 30.0 Å². The van der Waals surface area contributed by atoms with Crippen molar-refractivity contribution in [2.75, 3.05) is 6.54 Å². The minimum absolute atomic E-state index is 0.124. The van der Waals surface area contributed by atoms with Gasteiger partial charge in [0.25, 0.3) is 0 Å². The van der Waals surface area contributed by atoms with Crippen LogP contribution in [-0.4, -0.2) is 29.3 Å². The van der Waals surface area contributed by atoms with Crippen molar-refractivity contribution in [3.8, 4) is 0 Å². The van der Waals surface area contributed by atoms with Crippen LogP contribution in [0.25, 0.3) is 0 Å². The summed E-state index contributed by atoms with van der Waals surface area (Å²) in [6, 6.07) is 6.94. The van der Waals surface area contributed by atoms with Gasteiger partial charge in [-0.15, -0.1) is 0 Å². The van der Waals surface area contributed by atoms with Crippen LogP contribution in [-0.2, 0) is 16.1 Å². The molecule has 116 valence electrons. The number of primary amides is 1. The molecule has 6 heteroatoms. The molecule has 21 heavy (non-hydrogen) atoms. The van der Waals surface area contributed by atoms with Crippen molar-refractivity contribution in [1.82, 2.24) is 4.90 Å². The van der Waals surface area contributed by atoms with Gasteiger partial charge in [0.2, 0.25) is 11.8 Å². The number of halogens is 1. The minimum Gasteiger partial charge on any atom is -0.368 e. The first-order chi connectivity index (χ1) is 9.79. The fraction of sp³-hybridized carbons (Fsp3) is 0.467. The van der Waals surface area contributed by atoms with Crippen molar-refractivity contribution >= 4 is 27.7 Å². The first kappa shape index (κ1) is 17.7. The van der Waals surface area contributed by atoms with Crippen LogP contribution in [0.2, 0.25) is 0 Å². The molecular weight excluding hydrogens is 334 g/mol. The molecule has 1 rings (SSSR count). The zero-order chi connectivity index (χ0) is 16.0. The molecule has 0 radical (unpaired) electrons. The van der Waals surface area contributed by atoms with E-state index in [0.717, 1.165) is 10.0 Å². The first-order valence-electron chi connectivity index (χ1n) is 6.86. The molecule has 4 N–H and O–H groups in total. The molecule has 0 aliphatic heterocycles. The zero-order valence-electron chi connectivity index (χ0n) is 12.4. The normalized spacial score (nSPS) is 12.2. The number of rotatable bonds is 7. The second-order valence-corrected chi connectivity index (χ2v) is 6.44. The summed E-state index contributed by atoms with van der Waals surface area (Å²) in [7, 11) is 0. The lowest BCUT2D eigenvalue weighted by Gasteiger charge is -2.25. The van der Waals surface area contributed by atoms with Crippen LogP contribution in [0.4, 0.5) is 0 Å². The van der Waals surface area contributed by atoms with Gasteiger partial charge in [-0.1, -0.05) is 41.9 Å². The lowest BCUT2D eigenvalue weighted by atomic mass is 10.0. The van der Waals surface area contributed by atoms with Crippen LogP contribution in [0, 0.1) is 5.92 Å². The average Bonchev–Trinajstić information content (AvgIpc) is 2.38. The molecule has 0 saturated heterocycles. The van der Waals surface area contributed by atoms with Crippen LogP contribution in [0.1, 0.15) is 25.8 Å². The average molecular weight is 356 g/mol. The van der Waals surface area contributed by atoms with E-state index in [-0.39, 0.29) is 12.5 Å². The molecule has 0 saturated carbocycles. The third-order valence-electron chi connectivity index (χ3n) is 2.99. The summed E-state index contributed by atoms with van der Waals surface area (Å²) in [6.45, 7) is 4.20. The van der Waals surface area contributed by atoms with Crippen molar-refractivity contribution < 1.29 is 9.59 Å². The molecule has 0 aromatic heterocycles. The largest absolute Gasteiger partial charge is 0.368 e. The fourth-order valence-electron chi connectivity index (χ4n) is 2.05. The number of carbonyl (C=O) groups excluding carboxylic acids is 2. The maximum atomic E-state index is 12.4. The highest BCUT2D eigenvalue weighted by molar-refractivity contribution is 9.10. The predicted molar refractivity (Wildman–Crippen MR) is 86.2 cm³/mol. The molecule has 0 bridgehead atoms. The van der Waals surface area contributed by atoms with Gasteiger partial charge in [0.15, 0.2) is 0 Å². The van der Waals surface area contributed by atoms with Gasteiger partial charge in [-0.2, -0.15) is 0 Å². The van der Waals surface area contributed by atoms with Gasteiger partial charge in [0, 0.05) is 11.0 Å². The summed E-state index contributed by atoms with van der Waals surface area (Å²) >= 11 is 3.36. The number of carbonyl (C=O) groups is 2. The Morgan fingerprint density at radius 1 is 1.24 bits per heavy atom. The van der Waals surface area contributed by atoms with E-state index < -0.39 is 11.9 Å². The molecule has 0 aliphatic carbocycles. The van der Waals surface area contributed by atoms with Crippen LogP contribution in [0.15, 0.2) is 28.7 Å². The van der Waals surface area contributed by atoms with Crippen LogP contribution in [0.3, 0.4) is 0 Å². The molecule has 0 aliphatic rings. The highest BCUT2D eigenvalue weighted by Crippen LogP contribution is 2.13. The maximum Gasteiger partial charge on any atom is 0.240 e. The van der Waals surface area contributed by atoms with Gasteiger partial charge in [-0.25, -0.2) is 0 Å². The quantitative estimate of drug-likeness (QED) is 0.778. The summed E-state index contributed by atoms with van der Waals surface area (Å²) in [5, 5.41) is 0. The number of nitrogens with two attached hydrogens (primary N) is 2. The van der Waals surface area contributed by atoms with Crippen LogP contribution >= 0.6 is 15.9 Å². The second kappa shape index (κ2) is 8.14. The molecule has 0 spiro atoms. The van der Waals surface area contributed by atoms with E-state index in [0.29, 0.717) is 18.9 Å². The summed E-state index contributed by atoms with van der Waals surface area (Å²) < 4.78 is 0.954. The standard InChI is InChI=1S/C15H22BrN3O2/c1-10(2)7-13(17)15(21)19(9-14(18)20)8-11-3-5-12(16)6-4-11/h3-6,10,13H,7-9,17H2,1-2H3,(H2,18,20)/t13-/m0/s1. The van der Waals surface area contributed by atoms with Gasteiger partial charge < -0.3 is 16.4 Å². The van der Waals surface area contributed by atoms with Crippen molar-refractivity contribution in [1.29, 1.82) is 0 Å². The summed E-state index contributed by atoms with van der Waals surface area (Å²) in [6.07, 6.45) is 0.578. The Hall–Kier alpha value is -1.40. The van der Waals surface area contributed by atoms with Gasteiger partial charge in [0.1, 0.15) is 0 Å². The van der Waals surface area contributed by atoms with E-state index in [1.54, 1.807) is 0 Å². The van der Waals surface area contributed by atoms with Crippen molar-refractivity contribution in [3.63, 3.8) is 0 Å². The molecule has 1 aromatic rings. The van der Waals surface area contributed by atoms with Crippen molar-refractivity contribution in [2.45, 2.75) is 32.9 Å². The monoisotopic (exact) mass is 355 g/mol. The van der Waals surface area contributed by atoms with Crippen LogP contribution < -0.4 is 11.5 Å². The number of hydrogen-bond donors (Lipinski definition) is 2. The highest BCUT2D eigenvalue weighted by atomic mass is 79.9. The smallest absolute Gasteiger partial charge is 0.240 e. The van der Waals surface area contributed by atoms with E-state index >= 15 is 0 Å². The highest BCUT2D eigenvalue weighted by Gasteiger charge is 2.23. The lowest BCUT2D eigenvalue weighted by Crippen LogP contribution is -2.47. The van der Waals surface area contributed by atoms with Crippen LogP contribution in [0.5, 0.6) is 0 Å². The Balaban J connectivity index is 2.81. The Labute approximate surface area is 133 Å².